The smallest absolute Gasteiger partial charge is 0.0125 e. The summed E-state index contributed by atoms with van der Waals surface area (Å²) < 4.78 is 0. The van der Waals surface area contributed by atoms with Crippen molar-refractivity contribution in [1.82, 2.24) is 0 Å². The molecule has 2 aliphatic carbocycles. The van der Waals surface area contributed by atoms with E-state index in [9.17, 15) is 0 Å². The summed E-state index contributed by atoms with van der Waals surface area (Å²) in [6.07, 6.45) is 15.9. The SMILES string of the molecule is C1=CC2C=CC=C(c3ccc4c(-c5ccc(-c6ccccc6)cc5)c5ccccc5c(-c5ccc(-c6cccc7ccccc67)cc5)c4c3)C2C=C1. The van der Waals surface area contributed by atoms with Gasteiger partial charge in [0.1, 0.15) is 0 Å². The number of fused-ring (bicyclic) bond motifs is 4. The van der Waals surface area contributed by atoms with Crippen LogP contribution in [0.15, 0.2) is 206 Å². The van der Waals surface area contributed by atoms with Crippen LogP contribution in [0.2, 0.25) is 0 Å². The van der Waals surface area contributed by atoms with Gasteiger partial charge in [-0.1, -0.05) is 200 Å². The fraction of sp³-hybridized carbons (Fsp3) is 0.0385. The first-order valence-electron chi connectivity index (χ1n) is 18.3. The van der Waals surface area contributed by atoms with Crippen molar-refractivity contribution in [2.24, 2.45) is 11.8 Å². The molecule has 0 heteroatoms. The number of hydrogen-bond donors (Lipinski definition) is 0. The standard InChI is InChI=1S/C52H36/c1-2-12-35(13-3-1)36-24-28-40(29-25-36)51-47-20-8-9-21-48(47)52(41-30-26-39(27-31-41)45-22-10-16-37-14-4-6-18-43(37)45)50-34-42(32-33-49(50)51)46-23-11-17-38-15-5-7-19-44(38)46/h1-34,38,44H. The lowest BCUT2D eigenvalue weighted by Gasteiger charge is -2.28. The molecule has 8 aromatic rings. The molecule has 0 bridgehead atoms. The Bertz CT molecular complexity index is 2750. The number of benzene rings is 8. The molecule has 0 radical (unpaired) electrons. The number of hydrogen-bond acceptors (Lipinski definition) is 0. The molecule has 2 aliphatic rings. The molecular weight excluding hydrogens is 625 g/mol. The van der Waals surface area contributed by atoms with Gasteiger partial charge in [-0.15, -0.1) is 0 Å². The summed E-state index contributed by atoms with van der Waals surface area (Å²) in [4.78, 5) is 0. The van der Waals surface area contributed by atoms with Crippen molar-refractivity contribution in [3.05, 3.63) is 212 Å². The molecule has 10 rings (SSSR count). The third-order valence-corrected chi connectivity index (χ3v) is 11.1. The van der Waals surface area contributed by atoms with Crippen LogP contribution in [0.4, 0.5) is 0 Å². The highest BCUT2D eigenvalue weighted by molar-refractivity contribution is 6.22. The van der Waals surface area contributed by atoms with Crippen LogP contribution in [0.3, 0.4) is 0 Å². The molecule has 0 nitrogen and oxygen atoms in total. The maximum atomic E-state index is 2.46. The quantitative estimate of drug-likeness (QED) is 0.161. The molecule has 0 N–H and O–H groups in total. The van der Waals surface area contributed by atoms with Crippen LogP contribution in [0.1, 0.15) is 5.56 Å². The average molecular weight is 661 g/mol. The van der Waals surface area contributed by atoms with Crippen molar-refractivity contribution in [2.75, 3.05) is 0 Å². The molecule has 0 amide bonds. The van der Waals surface area contributed by atoms with Gasteiger partial charge in [0.15, 0.2) is 0 Å². The lowest BCUT2D eigenvalue weighted by molar-refractivity contribution is 0.678. The van der Waals surface area contributed by atoms with Crippen LogP contribution < -0.4 is 0 Å². The van der Waals surface area contributed by atoms with Gasteiger partial charge in [-0.2, -0.15) is 0 Å². The van der Waals surface area contributed by atoms with Gasteiger partial charge in [-0.05, 0) is 94.0 Å². The Labute approximate surface area is 305 Å². The monoisotopic (exact) mass is 660 g/mol. The Morgan fingerprint density at radius 2 is 0.865 bits per heavy atom. The van der Waals surface area contributed by atoms with Gasteiger partial charge in [-0.3, -0.25) is 0 Å². The first kappa shape index (κ1) is 30.3. The van der Waals surface area contributed by atoms with Crippen molar-refractivity contribution in [1.29, 1.82) is 0 Å². The zero-order valence-corrected chi connectivity index (χ0v) is 28.8. The lowest BCUT2D eigenvalue weighted by Crippen LogP contribution is -2.14. The Morgan fingerprint density at radius 3 is 1.63 bits per heavy atom. The van der Waals surface area contributed by atoms with E-state index < -0.39 is 0 Å². The van der Waals surface area contributed by atoms with E-state index in [1.54, 1.807) is 0 Å². The van der Waals surface area contributed by atoms with E-state index in [-0.39, 0.29) is 0 Å². The molecule has 52 heavy (non-hydrogen) atoms. The molecule has 0 aromatic heterocycles. The predicted octanol–water partition coefficient (Wildman–Crippen LogP) is 14.1. The summed E-state index contributed by atoms with van der Waals surface area (Å²) in [6, 6.07) is 60.5. The van der Waals surface area contributed by atoms with Crippen LogP contribution in [-0.2, 0) is 0 Å². The largest absolute Gasteiger partial charge is 0.0767 e. The third kappa shape index (κ3) is 5.15. The number of rotatable bonds is 5. The van der Waals surface area contributed by atoms with E-state index in [0.717, 1.165) is 0 Å². The maximum absolute atomic E-state index is 2.46. The minimum Gasteiger partial charge on any atom is -0.0767 e. The predicted molar refractivity (Wildman–Crippen MR) is 223 cm³/mol. The molecule has 0 fully saturated rings. The third-order valence-electron chi connectivity index (χ3n) is 11.1. The summed E-state index contributed by atoms with van der Waals surface area (Å²) in [5.74, 6) is 0.721. The van der Waals surface area contributed by atoms with E-state index in [4.69, 9.17) is 0 Å². The van der Waals surface area contributed by atoms with E-state index in [1.807, 2.05) is 0 Å². The first-order chi connectivity index (χ1) is 25.8. The highest BCUT2D eigenvalue weighted by Gasteiger charge is 2.25. The van der Waals surface area contributed by atoms with Crippen molar-refractivity contribution in [2.45, 2.75) is 0 Å². The summed E-state index contributed by atoms with van der Waals surface area (Å²) in [7, 11) is 0. The topological polar surface area (TPSA) is 0 Å². The van der Waals surface area contributed by atoms with Gasteiger partial charge < -0.3 is 0 Å². The zero-order valence-electron chi connectivity index (χ0n) is 28.8. The summed E-state index contributed by atoms with van der Waals surface area (Å²) in [5.41, 5.74) is 12.6. The molecule has 0 heterocycles. The minimum atomic E-state index is 0.335. The van der Waals surface area contributed by atoms with Gasteiger partial charge in [0.2, 0.25) is 0 Å². The summed E-state index contributed by atoms with van der Waals surface area (Å²) >= 11 is 0. The molecule has 0 saturated carbocycles. The van der Waals surface area contributed by atoms with Crippen molar-refractivity contribution < 1.29 is 0 Å². The molecule has 0 aliphatic heterocycles. The normalized spacial score (nSPS) is 16.3. The molecule has 8 aromatic carbocycles. The second-order valence-electron chi connectivity index (χ2n) is 14.0. The van der Waals surface area contributed by atoms with Gasteiger partial charge in [0.25, 0.3) is 0 Å². The van der Waals surface area contributed by atoms with E-state index >= 15 is 0 Å². The fourth-order valence-corrected chi connectivity index (χ4v) is 8.54. The van der Waals surface area contributed by atoms with Crippen LogP contribution in [0.25, 0.3) is 82.4 Å². The van der Waals surface area contributed by atoms with E-state index in [1.165, 1.54) is 88.0 Å². The van der Waals surface area contributed by atoms with Gasteiger partial charge in [-0.25, -0.2) is 0 Å². The minimum absolute atomic E-state index is 0.335. The Morgan fingerprint density at radius 1 is 0.327 bits per heavy atom. The summed E-state index contributed by atoms with van der Waals surface area (Å²) in [6.45, 7) is 0. The van der Waals surface area contributed by atoms with Gasteiger partial charge >= 0.3 is 0 Å². The van der Waals surface area contributed by atoms with E-state index in [0.29, 0.717) is 11.8 Å². The molecular formula is C52H36. The molecule has 2 unspecified atom stereocenters. The molecule has 2 atom stereocenters. The highest BCUT2D eigenvalue weighted by atomic mass is 14.3. The van der Waals surface area contributed by atoms with Gasteiger partial charge in [0.05, 0.1) is 0 Å². The van der Waals surface area contributed by atoms with Crippen LogP contribution in [0.5, 0.6) is 0 Å². The first-order valence-corrected chi connectivity index (χ1v) is 18.3. The zero-order chi connectivity index (χ0) is 34.4. The summed E-state index contributed by atoms with van der Waals surface area (Å²) in [5, 5.41) is 7.62. The van der Waals surface area contributed by atoms with Crippen LogP contribution in [-0.4, -0.2) is 0 Å². The molecule has 244 valence electrons. The van der Waals surface area contributed by atoms with E-state index in [2.05, 4.69) is 206 Å². The highest BCUT2D eigenvalue weighted by Crippen LogP contribution is 2.46. The lowest BCUT2D eigenvalue weighted by atomic mass is 9.76. The Balaban J connectivity index is 1.19. The maximum Gasteiger partial charge on any atom is 0.0125 e. The fourth-order valence-electron chi connectivity index (χ4n) is 8.54. The van der Waals surface area contributed by atoms with Crippen LogP contribution in [0, 0.1) is 11.8 Å². The van der Waals surface area contributed by atoms with Crippen molar-refractivity contribution in [3.63, 3.8) is 0 Å². The van der Waals surface area contributed by atoms with Crippen LogP contribution >= 0.6 is 0 Å². The molecule has 0 spiro atoms. The van der Waals surface area contributed by atoms with Gasteiger partial charge in [0, 0.05) is 11.8 Å². The number of allylic oxidation sites excluding steroid dienone is 8. The Kier molecular flexibility index (Phi) is 7.40. The second-order valence-corrected chi connectivity index (χ2v) is 14.0. The average Bonchev–Trinajstić information content (AvgIpc) is 3.22. The molecule has 0 saturated heterocycles. The van der Waals surface area contributed by atoms with Crippen molar-refractivity contribution in [3.8, 4) is 44.5 Å². The second kappa shape index (κ2) is 12.7. The van der Waals surface area contributed by atoms with Crippen molar-refractivity contribution >= 4 is 37.9 Å². The Hall–Kier alpha value is -6.50.